The number of aliphatic hydroxyl groups excluding tert-OH is 1. The van der Waals surface area contributed by atoms with Crippen molar-refractivity contribution in [2.75, 3.05) is 13.2 Å². The van der Waals surface area contributed by atoms with Crippen LogP contribution in [0.25, 0.3) is 0 Å². The first-order valence-corrected chi connectivity index (χ1v) is 6.62. The highest BCUT2D eigenvalue weighted by molar-refractivity contribution is 5.36. The third-order valence-electron chi connectivity index (χ3n) is 3.70. The lowest BCUT2D eigenvalue weighted by molar-refractivity contribution is 0.138. The Morgan fingerprint density at radius 3 is 2.82 bits per heavy atom. The molecule has 1 aromatic carbocycles. The Morgan fingerprint density at radius 2 is 2.12 bits per heavy atom. The van der Waals surface area contributed by atoms with Crippen LogP contribution in [0.3, 0.4) is 0 Å². The fourth-order valence-electron chi connectivity index (χ4n) is 2.72. The second-order valence-electron chi connectivity index (χ2n) is 5.53. The summed E-state index contributed by atoms with van der Waals surface area (Å²) < 4.78 is 0. The first kappa shape index (κ1) is 12.6. The van der Waals surface area contributed by atoms with Gasteiger partial charge < -0.3 is 10.4 Å². The molecular formula is C15H23NO. The van der Waals surface area contributed by atoms with Gasteiger partial charge in [0.25, 0.3) is 0 Å². The first-order chi connectivity index (χ1) is 8.18. The molecule has 94 valence electrons. The Morgan fingerprint density at radius 1 is 1.35 bits per heavy atom. The van der Waals surface area contributed by atoms with Crippen molar-refractivity contribution in [1.82, 2.24) is 5.32 Å². The summed E-state index contributed by atoms with van der Waals surface area (Å²) in [5.74, 6) is 0.604. The Labute approximate surface area is 104 Å². The quantitative estimate of drug-likeness (QED) is 0.837. The van der Waals surface area contributed by atoms with E-state index in [1.165, 1.54) is 11.1 Å². The Kier molecular flexibility index (Phi) is 3.85. The molecule has 2 nitrogen and oxygen atoms in total. The molecular weight excluding hydrogens is 210 g/mol. The molecule has 17 heavy (non-hydrogen) atoms. The van der Waals surface area contributed by atoms with Crippen LogP contribution >= 0.6 is 0 Å². The van der Waals surface area contributed by atoms with E-state index in [1.54, 1.807) is 0 Å². The van der Waals surface area contributed by atoms with Crippen LogP contribution in [0.2, 0.25) is 0 Å². The van der Waals surface area contributed by atoms with Gasteiger partial charge in [0.05, 0.1) is 12.1 Å². The van der Waals surface area contributed by atoms with Crippen LogP contribution in [-0.4, -0.2) is 18.3 Å². The van der Waals surface area contributed by atoms with Crippen LogP contribution in [0.1, 0.15) is 37.8 Å². The van der Waals surface area contributed by atoms with E-state index in [4.69, 9.17) is 0 Å². The van der Waals surface area contributed by atoms with Gasteiger partial charge in [-0.3, -0.25) is 0 Å². The Hall–Kier alpha value is -0.860. The van der Waals surface area contributed by atoms with Gasteiger partial charge in [-0.15, -0.1) is 0 Å². The minimum atomic E-state index is -0.209. The van der Waals surface area contributed by atoms with Crippen LogP contribution in [0.15, 0.2) is 24.3 Å². The Balaban J connectivity index is 2.28. The molecule has 1 aliphatic rings. The average Bonchev–Trinajstić information content (AvgIpc) is 2.36. The molecule has 0 fully saturated rings. The monoisotopic (exact) mass is 233 g/mol. The van der Waals surface area contributed by atoms with Gasteiger partial charge in [-0.2, -0.15) is 0 Å². The molecule has 2 rings (SSSR count). The van der Waals surface area contributed by atoms with Crippen molar-refractivity contribution >= 4 is 0 Å². The van der Waals surface area contributed by atoms with E-state index in [1.807, 2.05) is 0 Å². The molecule has 1 atom stereocenters. The van der Waals surface area contributed by atoms with Crippen LogP contribution in [0.5, 0.6) is 0 Å². The summed E-state index contributed by atoms with van der Waals surface area (Å²) in [6, 6.07) is 8.52. The number of nitrogens with one attached hydrogen (secondary N) is 1. The fourth-order valence-corrected chi connectivity index (χ4v) is 2.72. The molecule has 0 bridgehead atoms. The van der Waals surface area contributed by atoms with Crippen LogP contribution in [-0.2, 0) is 12.0 Å². The first-order valence-electron chi connectivity index (χ1n) is 6.62. The van der Waals surface area contributed by atoms with Crippen LogP contribution in [0, 0.1) is 5.92 Å². The highest BCUT2D eigenvalue weighted by Gasteiger charge is 2.35. The number of aliphatic hydroxyl groups is 1. The summed E-state index contributed by atoms with van der Waals surface area (Å²) in [4.78, 5) is 0. The topological polar surface area (TPSA) is 32.3 Å². The standard InChI is InChI=1S/C15H23NO/c1-12(2)10-16-15(11-17)9-5-7-13-6-3-4-8-14(13)15/h3-4,6,8,12,16-17H,5,7,9-11H2,1-2H3. The summed E-state index contributed by atoms with van der Waals surface area (Å²) in [5.41, 5.74) is 2.48. The highest BCUT2D eigenvalue weighted by Crippen LogP contribution is 2.35. The van der Waals surface area contributed by atoms with Gasteiger partial charge >= 0.3 is 0 Å². The normalized spacial score (nSPS) is 23.8. The largest absolute Gasteiger partial charge is 0.394 e. The van der Waals surface area contributed by atoms with E-state index in [0.29, 0.717) is 5.92 Å². The summed E-state index contributed by atoms with van der Waals surface area (Å²) >= 11 is 0. The van der Waals surface area contributed by atoms with Crippen molar-refractivity contribution in [3.8, 4) is 0 Å². The number of aryl methyl sites for hydroxylation is 1. The lowest BCUT2D eigenvalue weighted by Gasteiger charge is -2.39. The van der Waals surface area contributed by atoms with Gasteiger partial charge in [0.1, 0.15) is 0 Å². The SMILES string of the molecule is CC(C)CNC1(CO)CCCc2ccccc21. The molecule has 0 radical (unpaired) electrons. The molecule has 0 saturated carbocycles. The maximum Gasteiger partial charge on any atom is 0.0671 e. The number of hydrogen-bond acceptors (Lipinski definition) is 2. The number of fused-ring (bicyclic) bond motifs is 1. The van der Waals surface area contributed by atoms with Gasteiger partial charge in [-0.1, -0.05) is 38.1 Å². The van der Waals surface area contributed by atoms with E-state index in [2.05, 4.69) is 43.4 Å². The molecule has 0 spiro atoms. The smallest absolute Gasteiger partial charge is 0.0671 e. The molecule has 0 heterocycles. The molecule has 1 aliphatic carbocycles. The molecule has 2 heteroatoms. The van der Waals surface area contributed by atoms with Crippen LogP contribution in [0.4, 0.5) is 0 Å². The molecule has 0 aliphatic heterocycles. The third kappa shape index (κ3) is 2.53. The predicted octanol–water partition coefficient (Wildman–Crippen LogP) is 2.46. The fraction of sp³-hybridized carbons (Fsp3) is 0.600. The molecule has 0 amide bonds. The molecule has 0 saturated heterocycles. The van der Waals surface area contributed by atoms with Gasteiger partial charge in [0, 0.05) is 0 Å². The third-order valence-corrected chi connectivity index (χ3v) is 3.70. The summed E-state index contributed by atoms with van der Waals surface area (Å²) in [5, 5.41) is 13.4. The summed E-state index contributed by atoms with van der Waals surface area (Å²) in [7, 11) is 0. The summed E-state index contributed by atoms with van der Waals surface area (Å²) in [6.07, 6.45) is 3.33. The number of rotatable bonds is 4. The van der Waals surface area contributed by atoms with Crippen molar-refractivity contribution in [2.45, 2.75) is 38.6 Å². The zero-order valence-electron chi connectivity index (χ0n) is 10.9. The number of hydrogen-bond donors (Lipinski definition) is 2. The zero-order chi connectivity index (χ0) is 12.3. The van der Waals surface area contributed by atoms with Crippen molar-refractivity contribution in [3.63, 3.8) is 0 Å². The van der Waals surface area contributed by atoms with E-state index in [9.17, 15) is 5.11 Å². The lowest BCUT2D eigenvalue weighted by Crippen LogP contribution is -2.49. The van der Waals surface area contributed by atoms with E-state index in [0.717, 1.165) is 25.8 Å². The van der Waals surface area contributed by atoms with Crippen molar-refractivity contribution in [2.24, 2.45) is 5.92 Å². The maximum atomic E-state index is 9.84. The second-order valence-corrected chi connectivity index (χ2v) is 5.53. The number of benzene rings is 1. The van der Waals surface area contributed by atoms with Crippen LogP contribution < -0.4 is 5.32 Å². The summed E-state index contributed by atoms with van der Waals surface area (Å²) in [6.45, 7) is 5.55. The second kappa shape index (κ2) is 5.19. The van der Waals surface area contributed by atoms with Crippen molar-refractivity contribution in [1.29, 1.82) is 0 Å². The van der Waals surface area contributed by atoms with Gasteiger partial charge in [0.2, 0.25) is 0 Å². The van der Waals surface area contributed by atoms with E-state index in [-0.39, 0.29) is 12.1 Å². The van der Waals surface area contributed by atoms with Crippen molar-refractivity contribution in [3.05, 3.63) is 35.4 Å². The minimum Gasteiger partial charge on any atom is -0.394 e. The zero-order valence-corrected chi connectivity index (χ0v) is 10.9. The molecule has 1 aromatic rings. The molecule has 0 aromatic heterocycles. The van der Waals surface area contributed by atoms with E-state index >= 15 is 0 Å². The molecule has 2 N–H and O–H groups in total. The van der Waals surface area contributed by atoms with Gasteiger partial charge in [-0.25, -0.2) is 0 Å². The minimum absolute atomic E-state index is 0.191. The van der Waals surface area contributed by atoms with E-state index < -0.39 is 0 Å². The lowest BCUT2D eigenvalue weighted by atomic mass is 9.76. The van der Waals surface area contributed by atoms with Gasteiger partial charge in [-0.05, 0) is 42.9 Å². The maximum absolute atomic E-state index is 9.84. The van der Waals surface area contributed by atoms with Crippen molar-refractivity contribution < 1.29 is 5.11 Å². The predicted molar refractivity (Wildman–Crippen MR) is 71.0 cm³/mol. The van der Waals surface area contributed by atoms with Gasteiger partial charge in [0.15, 0.2) is 0 Å². The molecule has 1 unspecified atom stereocenters. The average molecular weight is 233 g/mol. The highest BCUT2D eigenvalue weighted by atomic mass is 16.3. The Bertz CT molecular complexity index is 375.